The molecular formula is C23H30N2O3. The minimum absolute atomic E-state index is 0.0235. The van der Waals surface area contributed by atoms with Crippen LogP contribution in [0.25, 0.3) is 11.1 Å². The monoisotopic (exact) mass is 382 g/mol. The molecule has 5 nitrogen and oxygen atoms in total. The van der Waals surface area contributed by atoms with Gasteiger partial charge in [0.1, 0.15) is 11.3 Å². The number of carbonyl (C=O) groups is 1. The molecule has 0 aromatic heterocycles. The summed E-state index contributed by atoms with van der Waals surface area (Å²) in [5.74, 6) is 0.709. The summed E-state index contributed by atoms with van der Waals surface area (Å²) in [5, 5.41) is 3.00. The zero-order valence-corrected chi connectivity index (χ0v) is 17.1. The lowest BCUT2D eigenvalue weighted by molar-refractivity contribution is -0.170. The Morgan fingerprint density at radius 1 is 1.18 bits per heavy atom. The molecule has 3 rings (SSSR count). The average Bonchev–Trinajstić information content (AvgIpc) is 2.72. The van der Waals surface area contributed by atoms with E-state index in [1.54, 1.807) is 7.11 Å². The number of methoxy groups -OCH3 is 1. The van der Waals surface area contributed by atoms with Gasteiger partial charge in [-0.2, -0.15) is 0 Å². The first-order chi connectivity index (χ1) is 13.3. The largest absolute Gasteiger partial charge is 0.497 e. The fourth-order valence-electron chi connectivity index (χ4n) is 3.78. The highest BCUT2D eigenvalue weighted by atomic mass is 16.5. The summed E-state index contributed by atoms with van der Waals surface area (Å²) in [6.45, 7) is 7.04. The van der Waals surface area contributed by atoms with E-state index in [0.29, 0.717) is 19.6 Å². The van der Waals surface area contributed by atoms with E-state index in [1.165, 1.54) is 0 Å². The average molecular weight is 383 g/mol. The van der Waals surface area contributed by atoms with Gasteiger partial charge in [0.25, 0.3) is 0 Å². The normalized spacial score (nSPS) is 23.0. The molecule has 2 aromatic rings. The van der Waals surface area contributed by atoms with Gasteiger partial charge >= 0.3 is 0 Å². The quantitative estimate of drug-likeness (QED) is 0.769. The van der Waals surface area contributed by atoms with Gasteiger partial charge in [-0.05, 0) is 35.7 Å². The number of hydrogen-bond acceptors (Lipinski definition) is 4. The molecule has 1 saturated carbocycles. The number of rotatable bonds is 7. The minimum Gasteiger partial charge on any atom is -0.497 e. The van der Waals surface area contributed by atoms with Crippen molar-refractivity contribution >= 4 is 5.91 Å². The Morgan fingerprint density at radius 3 is 2.50 bits per heavy atom. The fraction of sp³-hybridized carbons (Fsp3) is 0.435. The third-order valence-electron chi connectivity index (χ3n) is 6.05. The van der Waals surface area contributed by atoms with Crippen molar-refractivity contribution in [3.8, 4) is 16.9 Å². The van der Waals surface area contributed by atoms with Gasteiger partial charge in [0, 0.05) is 25.0 Å². The second kappa shape index (κ2) is 7.94. The Hall–Kier alpha value is -2.37. The molecule has 0 aliphatic heterocycles. The van der Waals surface area contributed by atoms with E-state index in [1.807, 2.05) is 69.3 Å². The lowest BCUT2D eigenvalue weighted by Gasteiger charge is -2.57. The van der Waals surface area contributed by atoms with Gasteiger partial charge < -0.3 is 20.5 Å². The topological polar surface area (TPSA) is 73.6 Å². The van der Waals surface area contributed by atoms with E-state index in [9.17, 15) is 4.79 Å². The van der Waals surface area contributed by atoms with E-state index >= 15 is 0 Å². The molecule has 0 spiro atoms. The zero-order chi connectivity index (χ0) is 20.4. The first-order valence-electron chi connectivity index (χ1n) is 9.74. The summed E-state index contributed by atoms with van der Waals surface area (Å²) in [5.41, 5.74) is 8.37. The van der Waals surface area contributed by atoms with E-state index < -0.39 is 5.54 Å². The molecule has 2 unspecified atom stereocenters. The molecule has 1 aliphatic rings. The van der Waals surface area contributed by atoms with Crippen molar-refractivity contribution in [2.24, 2.45) is 11.1 Å². The summed E-state index contributed by atoms with van der Waals surface area (Å²) in [6.07, 6.45) is 0.574. The predicted molar refractivity (Wildman–Crippen MR) is 111 cm³/mol. The van der Waals surface area contributed by atoms with Crippen LogP contribution in [0.1, 0.15) is 32.8 Å². The lowest BCUT2D eigenvalue weighted by atomic mass is 9.54. The maximum Gasteiger partial charge on any atom is 0.241 e. The van der Waals surface area contributed by atoms with Gasteiger partial charge in [-0.1, -0.05) is 50.2 Å². The summed E-state index contributed by atoms with van der Waals surface area (Å²) >= 11 is 0. The van der Waals surface area contributed by atoms with Crippen LogP contribution in [0.2, 0.25) is 0 Å². The van der Waals surface area contributed by atoms with E-state index in [4.69, 9.17) is 15.2 Å². The zero-order valence-electron chi connectivity index (χ0n) is 17.1. The number of nitrogens with one attached hydrogen (secondary N) is 1. The van der Waals surface area contributed by atoms with Crippen molar-refractivity contribution in [1.82, 2.24) is 5.32 Å². The van der Waals surface area contributed by atoms with Crippen molar-refractivity contribution in [3.05, 3.63) is 54.1 Å². The molecule has 1 amide bonds. The van der Waals surface area contributed by atoms with E-state index in [0.717, 1.165) is 22.4 Å². The third-order valence-corrected chi connectivity index (χ3v) is 6.05. The Morgan fingerprint density at radius 2 is 1.89 bits per heavy atom. The van der Waals surface area contributed by atoms with Crippen LogP contribution in [-0.2, 0) is 16.1 Å². The summed E-state index contributed by atoms with van der Waals surface area (Å²) < 4.78 is 11.0. The SMILES string of the molecule is CCOC1CC(N)(C(=O)NCc2ccc(-c3cccc(OC)c3)cc2)C1(C)C. The summed E-state index contributed by atoms with van der Waals surface area (Å²) in [4.78, 5) is 12.7. The Labute approximate surface area is 167 Å². The van der Waals surface area contributed by atoms with Crippen LogP contribution in [0.4, 0.5) is 0 Å². The molecule has 0 heterocycles. The molecule has 0 radical (unpaired) electrons. The van der Waals surface area contributed by atoms with Crippen molar-refractivity contribution in [2.45, 2.75) is 45.4 Å². The number of amides is 1. The second-order valence-electron chi connectivity index (χ2n) is 7.95. The Kier molecular flexibility index (Phi) is 5.77. The van der Waals surface area contributed by atoms with Crippen LogP contribution in [0.3, 0.4) is 0 Å². The van der Waals surface area contributed by atoms with Gasteiger partial charge in [0.2, 0.25) is 5.91 Å². The van der Waals surface area contributed by atoms with Gasteiger partial charge in [-0.15, -0.1) is 0 Å². The molecule has 0 saturated heterocycles. The first-order valence-corrected chi connectivity index (χ1v) is 9.74. The molecule has 1 fully saturated rings. The Balaban J connectivity index is 1.61. The molecule has 2 aromatic carbocycles. The van der Waals surface area contributed by atoms with Crippen molar-refractivity contribution < 1.29 is 14.3 Å². The van der Waals surface area contributed by atoms with E-state index in [-0.39, 0.29) is 17.4 Å². The van der Waals surface area contributed by atoms with Crippen molar-refractivity contribution in [3.63, 3.8) is 0 Å². The highest BCUT2D eigenvalue weighted by Gasteiger charge is 2.62. The molecule has 5 heteroatoms. The van der Waals surface area contributed by atoms with Gasteiger partial charge in [0.05, 0.1) is 13.2 Å². The van der Waals surface area contributed by atoms with Crippen molar-refractivity contribution in [1.29, 1.82) is 0 Å². The van der Waals surface area contributed by atoms with Crippen molar-refractivity contribution in [2.75, 3.05) is 13.7 Å². The van der Waals surface area contributed by atoms with Gasteiger partial charge in [-0.25, -0.2) is 0 Å². The second-order valence-corrected chi connectivity index (χ2v) is 7.95. The lowest BCUT2D eigenvalue weighted by Crippen LogP contribution is -2.75. The maximum absolute atomic E-state index is 12.7. The van der Waals surface area contributed by atoms with Crippen LogP contribution in [0.5, 0.6) is 5.75 Å². The van der Waals surface area contributed by atoms with E-state index in [2.05, 4.69) is 5.32 Å². The van der Waals surface area contributed by atoms with Crippen LogP contribution in [-0.4, -0.2) is 31.3 Å². The third kappa shape index (κ3) is 3.64. The molecule has 1 aliphatic carbocycles. The number of hydrogen-bond donors (Lipinski definition) is 2. The molecular weight excluding hydrogens is 352 g/mol. The number of nitrogens with two attached hydrogens (primary N) is 1. The smallest absolute Gasteiger partial charge is 0.241 e. The highest BCUT2D eigenvalue weighted by molar-refractivity contribution is 5.88. The summed E-state index contributed by atoms with van der Waals surface area (Å²) in [6, 6.07) is 16.1. The number of benzene rings is 2. The molecule has 150 valence electrons. The molecule has 0 bridgehead atoms. The fourth-order valence-corrected chi connectivity index (χ4v) is 3.78. The highest BCUT2D eigenvalue weighted by Crippen LogP contribution is 2.49. The van der Waals surface area contributed by atoms with Crippen LogP contribution >= 0.6 is 0 Å². The van der Waals surface area contributed by atoms with Gasteiger partial charge in [-0.3, -0.25) is 4.79 Å². The first kappa shape index (κ1) is 20.4. The predicted octanol–water partition coefficient (Wildman–Crippen LogP) is 3.51. The number of ether oxygens (including phenoxy) is 2. The maximum atomic E-state index is 12.7. The Bertz CT molecular complexity index is 832. The number of carbonyl (C=O) groups excluding carboxylic acids is 1. The van der Waals surface area contributed by atoms with Gasteiger partial charge in [0.15, 0.2) is 0 Å². The molecule has 28 heavy (non-hydrogen) atoms. The van der Waals surface area contributed by atoms with Crippen LogP contribution in [0, 0.1) is 5.41 Å². The molecule has 3 N–H and O–H groups in total. The minimum atomic E-state index is -0.895. The standard InChI is InChI=1S/C23H30N2O3/c1-5-28-20-14-23(24,22(20,2)3)21(26)25-15-16-9-11-17(12-10-16)18-7-6-8-19(13-18)27-4/h6-13,20H,5,14-15,24H2,1-4H3,(H,25,26). The van der Waals surface area contributed by atoms with Crippen LogP contribution < -0.4 is 15.8 Å². The summed E-state index contributed by atoms with van der Waals surface area (Å²) in [7, 11) is 1.66. The molecule has 2 atom stereocenters. The van der Waals surface area contributed by atoms with Crippen LogP contribution in [0.15, 0.2) is 48.5 Å².